The van der Waals surface area contributed by atoms with Crippen molar-refractivity contribution in [3.63, 3.8) is 0 Å². The van der Waals surface area contributed by atoms with Crippen molar-refractivity contribution in [1.29, 1.82) is 0 Å². The molecular formula is C19H21N4O3S+. The average Bonchev–Trinajstić information content (AvgIpc) is 3.44. The smallest absolute Gasteiger partial charge is 0.235 e. The van der Waals surface area contributed by atoms with Crippen LogP contribution in [-0.2, 0) is 0 Å². The van der Waals surface area contributed by atoms with E-state index in [1.54, 1.807) is 18.6 Å². The fourth-order valence-electron chi connectivity index (χ4n) is 3.84. The molecule has 140 valence electrons. The number of nitrogens with one attached hydrogen (secondary N) is 1. The molecule has 0 unspecified atom stereocenters. The van der Waals surface area contributed by atoms with E-state index in [4.69, 9.17) is 8.83 Å². The molecule has 0 amide bonds. The van der Waals surface area contributed by atoms with Crippen molar-refractivity contribution in [2.75, 3.05) is 13.1 Å². The van der Waals surface area contributed by atoms with Crippen LogP contribution in [0.25, 0.3) is 16.5 Å². The van der Waals surface area contributed by atoms with E-state index in [0.717, 1.165) is 29.6 Å². The molecule has 1 aliphatic rings. The minimum Gasteiger partial charge on any atom is -0.492 e. The highest BCUT2D eigenvalue weighted by atomic mass is 32.1. The minimum atomic E-state index is -0.0481. The summed E-state index contributed by atoms with van der Waals surface area (Å²) in [5.74, 6) is 2.81. The monoisotopic (exact) mass is 385 g/mol. The third kappa shape index (κ3) is 2.85. The first-order valence-corrected chi connectivity index (χ1v) is 10.0. The molecule has 0 bridgehead atoms. The zero-order chi connectivity index (χ0) is 18.4. The van der Waals surface area contributed by atoms with Crippen LogP contribution in [0.4, 0.5) is 0 Å². The molecule has 7 nitrogen and oxygen atoms in total. The summed E-state index contributed by atoms with van der Waals surface area (Å²) < 4.78 is 12.6. The van der Waals surface area contributed by atoms with Gasteiger partial charge in [0.25, 0.3) is 0 Å². The molecule has 0 radical (unpaired) electrons. The quantitative estimate of drug-likeness (QED) is 0.565. The van der Waals surface area contributed by atoms with Crippen LogP contribution in [-0.4, -0.2) is 32.8 Å². The number of hydrogen-bond donors (Lipinski definition) is 2. The van der Waals surface area contributed by atoms with E-state index in [2.05, 4.69) is 17.0 Å². The molecular weight excluding hydrogens is 364 g/mol. The van der Waals surface area contributed by atoms with Crippen LogP contribution in [0.2, 0.25) is 0 Å². The van der Waals surface area contributed by atoms with Gasteiger partial charge in [0.05, 0.1) is 25.6 Å². The lowest BCUT2D eigenvalue weighted by Crippen LogP contribution is -3.13. The van der Waals surface area contributed by atoms with Crippen LogP contribution in [0.5, 0.6) is 5.88 Å². The molecule has 0 saturated carbocycles. The van der Waals surface area contributed by atoms with Crippen LogP contribution < -0.4 is 4.90 Å². The first kappa shape index (κ1) is 16.6. The van der Waals surface area contributed by atoms with Crippen molar-refractivity contribution in [3.8, 4) is 17.5 Å². The van der Waals surface area contributed by atoms with Crippen LogP contribution in [0.15, 0.2) is 45.6 Å². The number of aromatic nitrogens is 3. The van der Waals surface area contributed by atoms with Gasteiger partial charge >= 0.3 is 0 Å². The largest absolute Gasteiger partial charge is 0.492 e. The summed E-state index contributed by atoms with van der Waals surface area (Å²) in [5.41, 5.74) is 0. The van der Waals surface area contributed by atoms with Crippen LogP contribution >= 0.6 is 11.3 Å². The Morgan fingerprint density at radius 1 is 1.22 bits per heavy atom. The Hall–Kier alpha value is -2.58. The van der Waals surface area contributed by atoms with E-state index in [9.17, 15) is 5.11 Å². The first-order chi connectivity index (χ1) is 13.2. The normalized spacial score (nSPS) is 21.7. The Kier molecular flexibility index (Phi) is 4.02. The molecule has 0 spiro atoms. The molecule has 27 heavy (non-hydrogen) atoms. The third-order valence-electron chi connectivity index (χ3n) is 5.36. The number of thiazole rings is 1. The van der Waals surface area contributed by atoms with E-state index in [0.29, 0.717) is 16.5 Å². The molecule has 8 heteroatoms. The van der Waals surface area contributed by atoms with Crippen molar-refractivity contribution >= 4 is 16.3 Å². The molecule has 5 rings (SSSR count). The van der Waals surface area contributed by atoms with Crippen LogP contribution in [0.3, 0.4) is 0 Å². The van der Waals surface area contributed by atoms with Gasteiger partial charge in [0.2, 0.25) is 16.7 Å². The van der Waals surface area contributed by atoms with Gasteiger partial charge in [-0.2, -0.15) is 9.50 Å². The lowest BCUT2D eigenvalue weighted by molar-refractivity contribution is -0.932. The summed E-state index contributed by atoms with van der Waals surface area (Å²) in [6.45, 7) is 4.41. The van der Waals surface area contributed by atoms with Crippen LogP contribution in [0.1, 0.15) is 36.4 Å². The van der Waals surface area contributed by atoms with Crippen molar-refractivity contribution in [2.24, 2.45) is 5.92 Å². The Bertz CT molecular complexity index is 1030. The number of piperidine rings is 1. The Labute approximate surface area is 159 Å². The summed E-state index contributed by atoms with van der Waals surface area (Å²) in [7, 11) is 0. The fraction of sp³-hybridized carbons (Fsp3) is 0.368. The zero-order valence-corrected chi connectivity index (χ0v) is 15.8. The van der Waals surface area contributed by atoms with Crippen molar-refractivity contribution in [2.45, 2.75) is 25.8 Å². The van der Waals surface area contributed by atoms with E-state index in [1.807, 2.05) is 18.2 Å². The Morgan fingerprint density at radius 3 is 2.67 bits per heavy atom. The summed E-state index contributed by atoms with van der Waals surface area (Å²) >= 11 is 1.46. The highest BCUT2D eigenvalue weighted by molar-refractivity contribution is 7.17. The molecule has 4 aromatic rings. The minimum absolute atomic E-state index is 0.0481. The van der Waals surface area contributed by atoms with Crippen molar-refractivity contribution in [3.05, 3.63) is 47.4 Å². The molecule has 2 N–H and O–H groups in total. The zero-order valence-electron chi connectivity index (χ0n) is 15.0. The predicted octanol–water partition coefficient (Wildman–Crippen LogP) is 2.75. The lowest BCUT2D eigenvalue weighted by atomic mass is 9.97. The standard InChI is InChI=1S/C19H20N4O3S/c1-12-6-8-22(9-7-12)15(13-4-2-10-25-13)16-18(24)23-19(27-16)20-17(21-23)14-5-3-11-26-14/h2-5,10-12,15,24H,6-9H2,1H3/p+1/t15-/m1/s1. The Balaban J connectivity index is 1.56. The van der Waals surface area contributed by atoms with Gasteiger partial charge in [0.15, 0.2) is 17.6 Å². The third-order valence-corrected chi connectivity index (χ3v) is 6.44. The summed E-state index contributed by atoms with van der Waals surface area (Å²) in [5, 5.41) is 15.4. The topological polar surface area (TPSA) is 81.1 Å². The molecule has 1 saturated heterocycles. The molecule has 0 aromatic carbocycles. The SMILES string of the molecule is CC1CC[NH+]([C@H](c2ccco2)c2sc3nc(-c4ccco4)nn3c2O)CC1. The Morgan fingerprint density at radius 2 is 2.00 bits per heavy atom. The molecule has 1 aliphatic heterocycles. The van der Waals surface area contributed by atoms with Gasteiger partial charge in [-0.15, -0.1) is 5.10 Å². The molecule has 5 heterocycles. The van der Waals surface area contributed by atoms with Gasteiger partial charge in [-0.1, -0.05) is 18.3 Å². The second kappa shape index (κ2) is 6.54. The maximum absolute atomic E-state index is 10.9. The summed E-state index contributed by atoms with van der Waals surface area (Å²) in [6.07, 6.45) is 5.63. The number of hydrogen-bond acceptors (Lipinski definition) is 6. The van der Waals surface area contributed by atoms with Crippen LogP contribution in [0, 0.1) is 5.92 Å². The second-order valence-corrected chi connectivity index (χ2v) is 8.20. The summed E-state index contributed by atoms with van der Waals surface area (Å²) in [6, 6.07) is 7.44. The maximum Gasteiger partial charge on any atom is 0.235 e. The van der Waals surface area contributed by atoms with Gasteiger partial charge in [0.1, 0.15) is 4.88 Å². The number of furan rings is 2. The van der Waals surface area contributed by atoms with E-state index < -0.39 is 0 Å². The van der Waals surface area contributed by atoms with E-state index >= 15 is 0 Å². The number of fused-ring (bicyclic) bond motifs is 1. The fourth-order valence-corrected chi connectivity index (χ4v) is 4.96. The van der Waals surface area contributed by atoms with E-state index in [1.165, 1.54) is 33.6 Å². The molecule has 1 fully saturated rings. The van der Waals surface area contributed by atoms with Crippen molar-refractivity contribution in [1.82, 2.24) is 14.6 Å². The van der Waals surface area contributed by atoms with Crippen molar-refractivity contribution < 1.29 is 18.8 Å². The number of aromatic hydroxyl groups is 1. The summed E-state index contributed by atoms with van der Waals surface area (Å²) in [4.78, 5) is 7.44. The van der Waals surface area contributed by atoms with Gasteiger partial charge in [0, 0.05) is 0 Å². The lowest BCUT2D eigenvalue weighted by Gasteiger charge is -2.32. The molecule has 4 aromatic heterocycles. The van der Waals surface area contributed by atoms with Gasteiger partial charge < -0.3 is 18.8 Å². The predicted molar refractivity (Wildman–Crippen MR) is 99.9 cm³/mol. The average molecular weight is 385 g/mol. The number of quaternary nitrogens is 1. The first-order valence-electron chi connectivity index (χ1n) is 9.21. The number of nitrogens with zero attached hydrogens (tertiary/aromatic N) is 3. The molecule has 0 aliphatic carbocycles. The van der Waals surface area contributed by atoms with Gasteiger partial charge in [-0.05, 0) is 43.0 Å². The van der Waals surface area contributed by atoms with E-state index in [-0.39, 0.29) is 11.9 Å². The number of rotatable bonds is 4. The second-order valence-electron chi connectivity index (χ2n) is 7.19. The highest BCUT2D eigenvalue weighted by Gasteiger charge is 2.36. The molecule has 1 atom stereocenters. The maximum atomic E-state index is 10.9. The van der Waals surface area contributed by atoms with Gasteiger partial charge in [-0.25, -0.2) is 0 Å². The van der Waals surface area contributed by atoms with Gasteiger partial charge in [-0.3, -0.25) is 0 Å². The number of likely N-dealkylation sites (tertiary alicyclic amines) is 1. The highest BCUT2D eigenvalue weighted by Crippen LogP contribution is 2.36.